The Hall–Kier alpha value is -1.75. The van der Waals surface area contributed by atoms with Gasteiger partial charge in [-0.3, -0.25) is 9.48 Å². The number of benzene rings is 1. The van der Waals surface area contributed by atoms with Crippen molar-refractivity contribution in [1.82, 2.24) is 15.1 Å². The molecule has 4 nitrogen and oxygen atoms in total. The summed E-state index contributed by atoms with van der Waals surface area (Å²) in [5, 5.41) is 7.18. The summed E-state index contributed by atoms with van der Waals surface area (Å²) in [4.78, 5) is 13.4. The smallest absolute Gasteiger partial charge is 0.233 e. The Balaban J connectivity index is 1.42. The molecule has 20 heavy (non-hydrogen) atoms. The molecule has 0 fully saturated rings. The molecule has 104 valence electrons. The van der Waals surface area contributed by atoms with Gasteiger partial charge in [0, 0.05) is 30.4 Å². The maximum atomic E-state index is 12.1. The van der Waals surface area contributed by atoms with E-state index in [-0.39, 0.29) is 11.2 Å². The number of nitrogens with one attached hydrogen (secondary N) is 1. The summed E-state index contributed by atoms with van der Waals surface area (Å²) >= 11 is 1.67. The highest BCUT2D eigenvalue weighted by Crippen LogP contribution is 2.36. The van der Waals surface area contributed by atoms with Crippen LogP contribution >= 0.6 is 11.8 Å². The molecule has 0 unspecified atom stereocenters. The minimum absolute atomic E-state index is 0.0251. The molecule has 1 amide bonds. The second-order valence-electron chi connectivity index (χ2n) is 4.83. The summed E-state index contributed by atoms with van der Waals surface area (Å²) in [6.45, 7) is 1.54. The molecule has 1 aromatic carbocycles. The number of carbonyl (C=O) groups excluding carboxylic acids is 1. The second-order valence-corrected chi connectivity index (χ2v) is 6.08. The summed E-state index contributed by atoms with van der Waals surface area (Å²) in [5.41, 5.74) is 1.29. The highest BCUT2D eigenvalue weighted by Gasteiger charge is 2.27. The lowest BCUT2D eigenvalue weighted by Crippen LogP contribution is -2.33. The predicted octanol–water partition coefficient (Wildman–Crippen LogP) is 2.11. The van der Waals surface area contributed by atoms with Crippen molar-refractivity contribution in [3.63, 3.8) is 0 Å². The van der Waals surface area contributed by atoms with Gasteiger partial charge in [0.15, 0.2) is 0 Å². The van der Waals surface area contributed by atoms with Gasteiger partial charge >= 0.3 is 0 Å². The lowest BCUT2D eigenvalue weighted by atomic mass is 10.1. The van der Waals surface area contributed by atoms with Crippen LogP contribution in [0, 0.1) is 0 Å². The maximum Gasteiger partial charge on any atom is 0.233 e. The van der Waals surface area contributed by atoms with Crippen LogP contribution in [0.2, 0.25) is 0 Å². The van der Waals surface area contributed by atoms with Crippen LogP contribution in [0.4, 0.5) is 0 Å². The van der Waals surface area contributed by atoms with Crippen LogP contribution in [0.1, 0.15) is 12.0 Å². The van der Waals surface area contributed by atoms with Crippen LogP contribution in [0.5, 0.6) is 0 Å². The van der Waals surface area contributed by atoms with Crippen molar-refractivity contribution in [3.05, 3.63) is 48.3 Å². The quantitative estimate of drug-likeness (QED) is 0.857. The van der Waals surface area contributed by atoms with Gasteiger partial charge in [-0.15, -0.1) is 11.8 Å². The highest BCUT2D eigenvalue weighted by molar-refractivity contribution is 8.01. The van der Waals surface area contributed by atoms with E-state index in [4.69, 9.17) is 0 Å². The third kappa shape index (κ3) is 3.04. The van der Waals surface area contributed by atoms with Gasteiger partial charge in [0.05, 0.1) is 5.25 Å². The van der Waals surface area contributed by atoms with Gasteiger partial charge in [0.1, 0.15) is 0 Å². The molecular weight excluding hydrogens is 270 g/mol. The van der Waals surface area contributed by atoms with E-state index in [9.17, 15) is 4.79 Å². The topological polar surface area (TPSA) is 46.9 Å². The first-order valence-electron chi connectivity index (χ1n) is 6.82. The lowest BCUT2D eigenvalue weighted by molar-refractivity contribution is -0.120. The number of carbonyl (C=O) groups is 1. The van der Waals surface area contributed by atoms with Crippen LogP contribution in [-0.2, 0) is 17.8 Å². The highest BCUT2D eigenvalue weighted by atomic mass is 32.2. The predicted molar refractivity (Wildman–Crippen MR) is 79.6 cm³/mol. The largest absolute Gasteiger partial charge is 0.355 e. The van der Waals surface area contributed by atoms with Gasteiger partial charge in [-0.25, -0.2) is 0 Å². The van der Waals surface area contributed by atoms with Crippen molar-refractivity contribution >= 4 is 17.7 Å². The molecular formula is C15H17N3OS. The molecule has 0 aliphatic carbocycles. The Morgan fingerprint density at radius 1 is 1.40 bits per heavy atom. The maximum absolute atomic E-state index is 12.1. The van der Waals surface area contributed by atoms with Crippen LogP contribution in [0.3, 0.4) is 0 Å². The second kappa shape index (κ2) is 6.13. The molecule has 2 heterocycles. The number of hydrogen-bond donors (Lipinski definition) is 1. The van der Waals surface area contributed by atoms with E-state index in [0.29, 0.717) is 6.54 Å². The summed E-state index contributed by atoms with van der Waals surface area (Å²) in [7, 11) is 0. The molecule has 1 aliphatic heterocycles. The lowest BCUT2D eigenvalue weighted by Gasteiger charge is -2.09. The number of thioether (sulfide) groups is 1. The zero-order chi connectivity index (χ0) is 13.8. The third-order valence-corrected chi connectivity index (χ3v) is 4.68. The first kappa shape index (κ1) is 13.2. The molecule has 1 atom stereocenters. The van der Waals surface area contributed by atoms with E-state index in [1.807, 2.05) is 29.1 Å². The number of aromatic nitrogens is 2. The monoisotopic (exact) mass is 287 g/mol. The molecule has 0 bridgehead atoms. The summed E-state index contributed by atoms with van der Waals surface area (Å²) in [6, 6.07) is 10.2. The van der Waals surface area contributed by atoms with E-state index in [1.165, 1.54) is 10.5 Å². The van der Waals surface area contributed by atoms with E-state index < -0.39 is 0 Å². The summed E-state index contributed by atoms with van der Waals surface area (Å²) in [6.07, 6.45) is 5.44. The Morgan fingerprint density at radius 3 is 3.10 bits per heavy atom. The average molecular weight is 287 g/mol. The molecule has 5 heteroatoms. The number of amides is 1. The van der Waals surface area contributed by atoms with E-state index in [1.54, 1.807) is 18.0 Å². The Morgan fingerprint density at radius 2 is 2.30 bits per heavy atom. The van der Waals surface area contributed by atoms with Crippen LogP contribution in [0.25, 0.3) is 0 Å². The first-order chi connectivity index (χ1) is 9.83. The molecule has 0 saturated heterocycles. The molecule has 1 aromatic heterocycles. The molecule has 0 spiro atoms. The molecule has 3 rings (SSSR count). The fourth-order valence-corrected chi connectivity index (χ4v) is 3.55. The summed E-state index contributed by atoms with van der Waals surface area (Å²) in [5.74, 6) is 0.145. The SMILES string of the molecule is O=C(NCCCn1cccn1)[C@H]1Cc2ccccc2S1. The van der Waals surface area contributed by atoms with Crippen LogP contribution in [0.15, 0.2) is 47.6 Å². The van der Waals surface area contributed by atoms with Gasteiger partial charge < -0.3 is 5.32 Å². The van der Waals surface area contributed by atoms with Gasteiger partial charge in [-0.05, 0) is 30.5 Å². The van der Waals surface area contributed by atoms with Crippen molar-refractivity contribution in [1.29, 1.82) is 0 Å². The number of rotatable bonds is 5. The molecule has 1 aliphatic rings. The minimum atomic E-state index is 0.0251. The Bertz CT molecular complexity index is 558. The van der Waals surface area contributed by atoms with Crippen molar-refractivity contribution in [2.45, 2.75) is 29.5 Å². The standard InChI is InChI=1S/C15H17N3OS/c19-15(16-7-3-9-18-10-4-8-17-18)14-11-12-5-1-2-6-13(12)20-14/h1-2,4-6,8,10,14H,3,7,9,11H2,(H,16,19)/t14-/m1/s1. The molecule has 1 N–H and O–H groups in total. The average Bonchev–Trinajstić information content (AvgIpc) is 3.12. The van der Waals surface area contributed by atoms with Crippen molar-refractivity contribution < 1.29 is 4.79 Å². The minimum Gasteiger partial charge on any atom is -0.355 e. The van der Waals surface area contributed by atoms with Gasteiger partial charge in [0.2, 0.25) is 5.91 Å². The van der Waals surface area contributed by atoms with Crippen LogP contribution < -0.4 is 5.32 Å². The van der Waals surface area contributed by atoms with Crippen LogP contribution in [-0.4, -0.2) is 27.5 Å². The molecule has 0 saturated carbocycles. The molecule has 0 radical (unpaired) electrons. The zero-order valence-corrected chi connectivity index (χ0v) is 12.0. The fraction of sp³-hybridized carbons (Fsp3) is 0.333. The van der Waals surface area contributed by atoms with Gasteiger partial charge in [-0.1, -0.05) is 18.2 Å². The first-order valence-corrected chi connectivity index (χ1v) is 7.70. The number of hydrogen-bond acceptors (Lipinski definition) is 3. The van der Waals surface area contributed by atoms with Crippen molar-refractivity contribution in [2.24, 2.45) is 0 Å². The number of fused-ring (bicyclic) bond motifs is 1. The van der Waals surface area contributed by atoms with Crippen molar-refractivity contribution in [2.75, 3.05) is 6.54 Å². The Labute approximate surface area is 122 Å². The van der Waals surface area contributed by atoms with Crippen molar-refractivity contribution in [3.8, 4) is 0 Å². The number of nitrogens with zero attached hydrogens (tertiary/aromatic N) is 2. The fourth-order valence-electron chi connectivity index (χ4n) is 2.33. The zero-order valence-electron chi connectivity index (χ0n) is 11.2. The Kier molecular flexibility index (Phi) is 4.06. The number of aryl methyl sites for hydroxylation is 1. The third-order valence-electron chi connectivity index (χ3n) is 3.36. The van der Waals surface area contributed by atoms with Gasteiger partial charge in [-0.2, -0.15) is 5.10 Å². The molecule has 2 aromatic rings. The van der Waals surface area contributed by atoms with Gasteiger partial charge in [0.25, 0.3) is 0 Å². The normalized spacial score (nSPS) is 16.9. The van der Waals surface area contributed by atoms with E-state index in [0.717, 1.165) is 19.4 Å². The summed E-state index contributed by atoms with van der Waals surface area (Å²) < 4.78 is 1.88. The van der Waals surface area contributed by atoms with E-state index in [2.05, 4.69) is 22.5 Å². The van der Waals surface area contributed by atoms with E-state index >= 15 is 0 Å².